The Hall–Kier alpha value is -1.15. The highest BCUT2D eigenvalue weighted by molar-refractivity contribution is 7.10. The molecule has 0 spiro atoms. The molecular weight excluding hydrogens is 338 g/mol. The van der Waals surface area contributed by atoms with Crippen LogP contribution in [0.25, 0.3) is 0 Å². The number of nitrogens with zero attached hydrogens (tertiary/aromatic N) is 1. The third-order valence-electron chi connectivity index (χ3n) is 4.03. The summed E-state index contributed by atoms with van der Waals surface area (Å²) in [5, 5.41) is 19.0. The number of ether oxygens (including phenoxy) is 2. The van der Waals surface area contributed by atoms with Gasteiger partial charge in [-0.1, -0.05) is 6.07 Å². The molecule has 0 bridgehead atoms. The summed E-state index contributed by atoms with van der Waals surface area (Å²) in [4.78, 5) is 5.44. The van der Waals surface area contributed by atoms with Crippen molar-refractivity contribution in [3.8, 4) is 0 Å². The molecule has 6 nitrogen and oxygen atoms in total. The fraction of sp³-hybridized carbons (Fsp3) is 0.722. The Kier molecular flexibility index (Phi) is 8.67. The molecule has 0 aromatic carbocycles. The highest BCUT2D eigenvalue weighted by Gasteiger charge is 2.24. The topological polar surface area (TPSA) is 75.1 Å². The van der Waals surface area contributed by atoms with E-state index in [2.05, 4.69) is 15.6 Å². The predicted octanol–water partition coefficient (Wildman–Crippen LogP) is 2.10. The third-order valence-corrected chi connectivity index (χ3v) is 5.15. The van der Waals surface area contributed by atoms with Crippen molar-refractivity contribution in [3.05, 3.63) is 22.4 Å². The largest absolute Gasteiger partial charge is 0.383 e. The molecule has 2 heterocycles. The van der Waals surface area contributed by atoms with Crippen molar-refractivity contribution in [3.63, 3.8) is 0 Å². The predicted molar refractivity (Wildman–Crippen MR) is 102 cm³/mol. The smallest absolute Gasteiger partial charge is 0.191 e. The van der Waals surface area contributed by atoms with Crippen LogP contribution in [0.4, 0.5) is 0 Å². The van der Waals surface area contributed by atoms with E-state index in [9.17, 15) is 5.11 Å². The molecule has 25 heavy (non-hydrogen) atoms. The second-order valence-electron chi connectivity index (χ2n) is 6.44. The zero-order valence-electron chi connectivity index (χ0n) is 15.3. The van der Waals surface area contributed by atoms with Crippen LogP contribution in [-0.2, 0) is 15.1 Å². The van der Waals surface area contributed by atoms with Gasteiger partial charge in [0.05, 0.1) is 19.3 Å². The van der Waals surface area contributed by atoms with Gasteiger partial charge in [0.2, 0.25) is 0 Å². The van der Waals surface area contributed by atoms with Gasteiger partial charge in [-0.3, -0.25) is 0 Å². The summed E-state index contributed by atoms with van der Waals surface area (Å²) in [5.41, 5.74) is -0.944. The lowest BCUT2D eigenvalue weighted by molar-refractivity contribution is 0.0168. The first-order chi connectivity index (χ1) is 12.1. The average molecular weight is 370 g/mol. The quantitative estimate of drug-likeness (QED) is 0.335. The number of guanidine groups is 1. The van der Waals surface area contributed by atoms with E-state index >= 15 is 0 Å². The molecule has 0 radical (unpaired) electrons. The van der Waals surface area contributed by atoms with Crippen LogP contribution in [0.5, 0.6) is 0 Å². The molecule has 7 heteroatoms. The molecule has 1 aromatic heterocycles. The summed E-state index contributed by atoms with van der Waals surface area (Å²) in [6.07, 6.45) is 3.44. The van der Waals surface area contributed by atoms with Gasteiger partial charge in [-0.15, -0.1) is 11.3 Å². The van der Waals surface area contributed by atoms with Gasteiger partial charge in [0.1, 0.15) is 5.60 Å². The zero-order chi connectivity index (χ0) is 18.0. The minimum absolute atomic E-state index is 0.284. The van der Waals surface area contributed by atoms with Gasteiger partial charge < -0.3 is 25.2 Å². The number of nitrogens with one attached hydrogen (secondary N) is 2. The van der Waals surface area contributed by atoms with E-state index in [4.69, 9.17) is 9.47 Å². The van der Waals surface area contributed by atoms with Crippen molar-refractivity contribution < 1.29 is 14.6 Å². The first-order valence-electron chi connectivity index (χ1n) is 9.09. The van der Waals surface area contributed by atoms with E-state index in [1.807, 2.05) is 24.4 Å². The Labute approximate surface area is 154 Å². The van der Waals surface area contributed by atoms with E-state index in [1.54, 1.807) is 18.3 Å². The lowest BCUT2D eigenvalue weighted by Crippen LogP contribution is -2.39. The number of hydrogen-bond donors (Lipinski definition) is 3. The van der Waals surface area contributed by atoms with Crippen LogP contribution in [0.2, 0.25) is 0 Å². The van der Waals surface area contributed by atoms with E-state index in [0.717, 1.165) is 49.8 Å². The number of aliphatic imine (C=N–C) groups is 1. The first kappa shape index (κ1) is 20.2. The second kappa shape index (κ2) is 10.8. The van der Waals surface area contributed by atoms with E-state index < -0.39 is 5.60 Å². The molecule has 0 aliphatic carbocycles. The van der Waals surface area contributed by atoms with E-state index in [-0.39, 0.29) is 6.10 Å². The highest BCUT2D eigenvalue weighted by Crippen LogP contribution is 2.25. The van der Waals surface area contributed by atoms with Gasteiger partial charge in [0, 0.05) is 31.2 Å². The van der Waals surface area contributed by atoms with Crippen LogP contribution in [0.3, 0.4) is 0 Å². The minimum Gasteiger partial charge on any atom is -0.383 e. The Morgan fingerprint density at radius 2 is 2.40 bits per heavy atom. The average Bonchev–Trinajstić information content (AvgIpc) is 3.29. The lowest BCUT2D eigenvalue weighted by atomic mass is 10.1. The van der Waals surface area contributed by atoms with Gasteiger partial charge in [-0.25, -0.2) is 4.99 Å². The Morgan fingerprint density at radius 3 is 3.08 bits per heavy atom. The maximum atomic E-state index is 10.6. The van der Waals surface area contributed by atoms with Crippen LogP contribution in [0, 0.1) is 0 Å². The number of thiophene rings is 1. The molecule has 3 N–H and O–H groups in total. The second-order valence-corrected chi connectivity index (χ2v) is 7.38. The van der Waals surface area contributed by atoms with Crippen LogP contribution in [0.1, 0.15) is 38.0 Å². The van der Waals surface area contributed by atoms with Gasteiger partial charge in [0.25, 0.3) is 0 Å². The summed E-state index contributed by atoms with van der Waals surface area (Å²) < 4.78 is 11.2. The summed E-state index contributed by atoms with van der Waals surface area (Å²) in [6.45, 7) is 7.97. The maximum absolute atomic E-state index is 10.6. The molecule has 142 valence electrons. The number of hydrogen-bond acceptors (Lipinski definition) is 5. The minimum atomic E-state index is -0.944. The Balaban J connectivity index is 1.66. The first-order valence-corrected chi connectivity index (χ1v) is 9.97. The molecule has 0 amide bonds. The standard InChI is InChI=1S/C18H31N3O3S/c1-3-19-17(21-14-18(2,22)16-8-5-12-25-16)20-9-6-10-23-13-15-7-4-11-24-15/h5,8,12,15,22H,3-4,6-7,9-11,13-14H2,1-2H3,(H2,19,20,21). The molecule has 2 rings (SSSR count). The molecule has 2 unspecified atom stereocenters. The Bertz CT molecular complexity index is 500. The monoisotopic (exact) mass is 369 g/mol. The van der Waals surface area contributed by atoms with E-state index in [0.29, 0.717) is 19.8 Å². The number of rotatable bonds is 10. The fourth-order valence-corrected chi connectivity index (χ4v) is 3.39. The van der Waals surface area contributed by atoms with Crippen molar-refractivity contribution in [1.82, 2.24) is 10.6 Å². The summed E-state index contributed by atoms with van der Waals surface area (Å²) in [7, 11) is 0. The molecule has 1 fully saturated rings. The van der Waals surface area contributed by atoms with Crippen molar-refractivity contribution in [2.45, 2.75) is 44.8 Å². The normalized spacial score (nSPS) is 20.4. The molecule has 2 atom stereocenters. The summed E-state index contributed by atoms with van der Waals surface area (Å²) >= 11 is 1.55. The van der Waals surface area contributed by atoms with Crippen molar-refractivity contribution in [1.29, 1.82) is 0 Å². The van der Waals surface area contributed by atoms with Gasteiger partial charge in [-0.05, 0) is 44.6 Å². The molecule has 1 saturated heterocycles. The highest BCUT2D eigenvalue weighted by atomic mass is 32.1. The molecule has 1 aliphatic heterocycles. The molecular formula is C18H31N3O3S. The third kappa shape index (κ3) is 7.32. The zero-order valence-corrected chi connectivity index (χ0v) is 16.1. The molecule has 1 aliphatic rings. The van der Waals surface area contributed by atoms with Gasteiger partial charge in [0.15, 0.2) is 5.96 Å². The van der Waals surface area contributed by atoms with Crippen LogP contribution >= 0.6 is 11.3 Å². The van der Waals surface area contributed by atoms with E-state index in [1.165, 1.54) is 0 Å². The van der Waals surface area contributed by atoms with Crippen molar-refractivity contribution >= 4 is 17.3 Å². The fourth-order valence-electron chi connectivity index (χ4n) is 2.61. The Morgan fingerprint density at radius 1 is 1.52 bits per heavy atom. The van der Waals surface area contributed by atoms with Crippen LogP contribution in [-0.4, -0.2) is 56.6 Å². The lowest BCUT2D eigenvalue weighted by Gasteiger charge is -2.20. The molecule has 0 saturated carbocycles. The number of aliphatic hydroxyl groups is 1. The molecule has 1 aromatic rings. The maximum Gasteiger partial charge on any atom is 0.191 e. The van der Waals surface area contributed by atoms with Gasteiger partial charge in [-0.2, -0.15) is 0 Å². The van der Waals surface area contributed by atoms with Crippen LogP contribution < -0.4 is 10.6 Å². The SMILES string of the molecule is CCNC(=NCC(C)(O)c1cccs1)NCCCOCC1CCCO1. The van der Waals surface area contributed by atoms with Crippen molar-refractivity contribution in [2.24, 2.45) is 4.99 Å². The summed E-state index contributed by atoms with van der Waals surface area (Å²) in [5.74, 6) is 0.721. The van der Waals surface area contributed by atoms with Crippen LogP contribution in [0.15, 0.2) is 22.5 Å². The van der Waals surface area contributed by atoms with Gasteiger partial charge >= 0.3 is 0 Å². The van der Waals surface area contributed by atoms with Crippen molar-refractivity contribution in [2.75, 3.05) is 39.5 Å². The summed E-state index contributed by atoms with van der Waals surface area (Å²) in [6, 6.07) is 3.88.